The average Bonchev–Trinajstić information content (AvgIpc) is 2.03. The molecule has 60 valence electrons. The van der Waals surface area contributed by atoms with E-state index in [2.05, 4.69) is 22.5 Å². The Morgan fingerprint density at radius 3 is 2.70 bits per heavy atom. The Kier molecular flexibility index (Phi) is 3.72. The Bertz CT molecular complexity index is 78.9. The van der Waals surface area contributed by atoms with Crippen molar-refractivity contribution in [2.24, 2.45) is 0 Å². The van der Waals surface area contributed by atoms with Crippen LogP contribution in [0.2, 0.25) is 0 Å². The van der Waals surface area contributed by atoms with Crippen LogP contribution in [0.3, 0.4) is 0 Å². The summed E-state index contributed by atoms with van der Waals surface area (Å²) in [7, 11) is 0. The van der Waals surface area contributed by atoms with Gasteiger partial charge >= 0.3 is 0 Å². The lowest BCUT2D eigenvalue weighted by molar-refractivity contribution is 0.225. The summed E-state index contributed by atoms with van der Waals surface area (Å²) >= 11 is 0. The lowest BCUT2D eigenvalue weighted by Gasteiger charge is -2.26. The van der Waals surface area contributed by atoms with Gasteiger partial charge in [0.15, 0.2) is 0 Å². The number of hydrogen-bond donors (Lipinski definition) is 2. The third-order valence-corrected chi connectivity index (χ3v) is 1.80. The highest BCUT2D eigenvalue weighted by atomic mass is 15.2. The largest absolute Gasteiger partial charge is 0.314 e. The molecule has 3 heteroatoms. The molecule has 0 amide bonds. The Hall–Kier alpha value is -0.120. The predicted molar refractivity (Wildman–Crippen MR) is 43.0 cm³/mol. The van der Waals surface area contributed by atoms with Gasteiger partial charge in [-0.05, 0) is 6.54 Å². The van der Waals surface area contributed by atoms with Crippen LogP contribution in [0.25, 0.3) is 0 Å². The molecule has 0 radical (unpaired) electrons. The summed E-state index contributed by atoms with van der Waals surface area (Å²) in [4.78, 5) is 2.43. The molecule has 0 unspecified atom stereocenters. The van der Waals surface area contributed by atoms with Gasteiger partial charge in [0, 0.05) is 32.8 Å². The summed E-state index contributed by atoms with van der Waals surface area (Å²) in [5.41, 5.74) is 0. The summed E-state index contributed by atoms with van der Waals surface area (Å²) in [6, 6.07) is 0. The van der Waals surface area contributed by atoms with Crippen molar-refractivity contribution >= 4 is 0 Å². The number of hydrogen-bond acceptors (Lipinski definition) is 3. The Labute approximate surface area is 62.8 Å². The van der Waals surface area contributed by atoms with E-state index in [0.717, 1.165) is 26.3 Å². The molecule has 0 saturated carbocycles. The molecule has 0 aromatic carbocycles. The van der Waals surface area contributed by atoms with Gasteiger partial charge in [-0.3, -0.25) is 4.90 Å². The van der Waals surface area contributed by atoms with Crippen molar-refractivity contribution in [3.63, 3.8) is 0 Å². The van der Waals surface area contributed by atoms with Gasteiger partial charge in [0.25, 0.3) is 0 Å². The molecule has 10 heavy (non-hydrogen) atoms. The quantitative estimate of drug-likeness (QED) is 0.555. The molecule has 0 spiro atoms. The minimum absolute atomic E-state index is 1.05. The van der Waals surface area contributed by atoms with E-state index in [9.17, 15) is 0 Å². The van der Waals surface area contributed by atoms with E-state index in [0.29, 0.717) is 0 Å². The lowest BCUT2D eigenvalue weighted by Crippen LogP contribution is -2.47. The van der Waals surface area contributed by atoms with Crippen molar-refractivity contribution < 1.29 is 0 Å². The molecule has 1 saturated heterocycles. The summed E-state index contributed by atoms with van der Waals surface area (Å²) in [5, 5.41) is 6.64. The third kappa shape index (κ3) is 2.64. The molecular formula is C7H17N3. The van der Waals surface area contributed by atoms with Crippen LogP contribution in [0.5, 0.6) is 0 Å². The zero-order valence-electron chi connectivity index (χ0n) is 6.69. The van der Waals surface area contributed by atoms with Crippen molar-refractivity contribution in [2.45, 2.75) is 6.92 Å². The van der Waals surface area contributed by atoms with Crippen LogP contribution in [-0.4, -0.2) is 44.3 Å². The summed E-state index contributed by atoms with van der Waals surface area (Å²) in [6.45, 7) is 8.93. The lowest BCUT2D eigenvalue weighted by atomic mass is 10.4. The first-order chi connectivity index (χ1) is 4.93. The van der Waals surface area contributed by atoms with E-state index >= 15 is 0 Å². The van der Waals surface area contributed by atoms with Gasteiger partial charge in [-0.1, -0.05) is 6.92 Å². The van der Waals surface area contributed by atoms with E-state index in [-0.39, 0.29) is 0 Å². The molecule has 3 nitrogen and oxygen atoms in total. The Morgan fingerprint density at radius 2 is 2.10 bits per heavy atom. The summed E-state index contributed by atoms with van der Waals surface area (Å²) < 4.78 is 0. The van der Waals surface area contributed by atoms with Crippen LogP contribution in [0.15, 0.2) is 0 Å². The van der Waals surface area contributed by atoms with Crippen LogP contribution < -0.4 is 10.6 Å². The minimum atomic E-state index is 1.05. The molecule has 1 aliphatic rings. The molecule has 0 aromatic rings. The monoisotopic (exact) mass is 143 g/mol. The van der Waals surface area contributed by atoms with Crippen molar-refractivity contribution in [3.05, 3.63) is 0 Å². The van der Waals surface area contributed by atoms with Gasteiger partial charge < -0.3 is 10.6 Å². The summed E-state index contributed by atoms with van der Waals surface area (Å²) in [5.74, 6) is 0. The van der Waals surface area contributed by atoms with Gasteiger partial charge in [-0.25, -0.2) is 0 Å². The zero-order chi connectivity index (χ0) is 7.23. The topological polar surface area (TPSA) is 27.3 Å². The van der Waals surface area contributed by atoms with Crippen LogP contribution in [0.1, 0.15) is 6.92 Å². The van der Waals surface area contributed by atoms with Gasteiger partial charge in [0.05, 0.1) is 0 Å². The molecule has 0 aromatic heterocycles. The number of nitrogens with one attached hydrogen (secondary N) is 2. The van der Waals surface area contributed by atoms with E-state index in [1.54, 1.807) is 0 Å². The maximum Gasteiger partial charge on any atom is 0.0481 e. The summed E-state index contributed by atoms with van der Waals surface area (Å²) in [6.07, 6.45) is 0. The maximum absolute atomic E-state index is 3.32. The fourth-order valence-corrected chi connectivity index (χ4v) is 1.14. The highest BCUT2D eigenvalue weighted by molar-refractivity contribution is 4.65. The van der Waals surface area contributed by atoms with E-state index in [1.807, 2.05) is 0 Å². The zero-order valence-corrected chi connectivity index (χ0v) is 6.69. The highest BCUT2D eigenvalue weighted by Gasteiger charge is 2.06. The van der Waals surface area contributed by atoms with Gasteiger partial charge in [-0.2, -0.15) is 0 Å². The molecule has 0 atom stereocenters. The van der Waals surface area contributed by atoms with Crippen LogP contribution >= 0.6 is 0 Å². The second-order valence-corrected chi connectivity index (χ2v) is 2.63. The number of nitrogens with zero attached hydrogens (tertiary/aromatic N) is 1. The van der Waals surface area contributed by atoms with Gasteiger partial charge in [0.1, 0.15) is 0 Å². The molecule has 1 heterocycles. The first-order valence-electron chi connectivity index (χ1n) is 4.07. The highest BCUT2D eigenvalue weighted by Crippen LogP contribution is 1.87. The second-order valence-electron chi connectivity index (χ2n) is 2.63. The van der Waals surface area contributed by atoms with Crippen molar-refractivity contribution in [1.82, 2.24) is 15.5 Å². The van der Waals surface area contributed by atoms with Crippen LogP contribution in [0, 0.1) is 0 Å². The minimum Gasteiger partial charge on any atom is -0.314 e. The van der Waals surface area contributed by atoms with Gasteiger partial charge in [0.2, 0.25) is 0 Å². The molecule has 1 fully saturated rings. The van der Waals surface area contributed by atoms with Gasteiger partial charge in [-0.15, -0.1) is 0 Å². The maximum atomic E-state index is 3.32. The van der Waals surface area contributed by atoms with Crippen molar-refractivity contribution in [3.8, 4) is 0 Å². The molecule has 2 N–H and O–H groups in total. The molecular weight excluding hydrogens is 126 g/mol. The number of rotatable bonds is 3. The van der Waals surface area contributed by atoms with E-state index in [1.165, 1.54) is 13.1 Å². The molecule has 0 aliphatic carbocycles. The standard InChI is InChI=1S/C7H17N3/c1-2-8-7-10-5-3-9-4-6-10/h8-9H,2-7H2,1H3. The fourth-order valence-electron chi connectivity index (χ4n) is 1.14. The molecule has 1 rings (SSSR count). The van der Waals surface area contributed by atoms with Crippen LogP contribution in [-0.2, 0) is 0 Å². The Balaban J connectivity index is 2.02. The van der Waals surface area contributed by atoms with E-state index < -0.39 is 0 Å². The normalized spacial score (nSPS) is 21.3. The van der Waals surface area contributed by atoms with Crippen LogP contribution in [0.4, 0.5) is 0 Å². The SMILES string of the molecule is CCNCN1CCNCC1. The second kappa shape index (κ2) is 4.66. The predicted octanol–water partition coefficient (Wildman–Crippen LogP) is -0.541. The smallest absolute Gasteiger partial charge is 0.0481 e. The Morgan fingerprint density at radius 1 is 1.40 bits per heavy atom. The van der Waals surface area contributed by atoms with Crippen molar-refractivity contribution in [2.75, 3.05) is 39.4 Å². The average molecular weight is 143 g/mol. The number of piperazine rings is 1. The fraction of sp³-hybridized carbons (Fsp3) is 1.00. The first-order valence-corrected chi connectivity index (χ1v) is 4.07. The molecule has 0 bridgehead atoms. The first kappa shape index (κ1) is 7.98. The molecule has 1 aliphatic heterocycles. The van der Waals surface area contributed by atoms with Crippen molar-refractivity contribution in [1.29, 1.82) is 0 Å². The van der Waals surface area contributed by atoms with E-state index in [4.69, 9.17) is 0 Å². The third-order valence-electron chi connectivity index (χ3n) is 1.80.